The van der Waals surface area contributed by atoms with Crippen molar-refractivity contribution >= 4 is 17.5 Å². The van der Waals surface area contributed by atoms with Gasteiger partial charge in [0.2, 0.25) is 0 Å². The van der Waals surface area contributed by atoms with E-state index in [4.69, 9.17) is 16.3 Å². The van der Waals surface area contributed by atoms with Gasteiger partial charge in [0.1, 0.15) is 11.6 Å². The Morgan fingerprint density at radius 3 is 2.88 bits per heavy atom. The molecule has 0 saturated carbocycles. The van der Waals surface area contributed by atoms with Gasteiger partial charge in [-0.1, -0.05) is 17.7 Å². The van der Waals surface area contributed by atoms with Gasteiger partial charge in [-0.3, -0.25) is 9.89 Å². The Kier molecular flexibility index (Phi) is 5.00. The Bertz CT molecular complexity index is 877. The van der Waals surface area contributed by atoms with Gasteiger partial charge in [0.25, 0.3) is 5.91 Å². The maximum atomic E-state index is 13.8. The number of H-pyrrole nitrogens is 1. The van der Waals surface area contributed by atoms with Gasteiger partial charge in [-0.2, -0.15) is 5.10 Å². The zero-order valence-electron chi connectivity index (χ0n) is 13.3. The largest absolute Gasteiger partial charge is 0.496 e. The second-order valence-corrected chi connectivity index (χ2v) is 5.69. The van der Waals surface area contributed by atoms with Crippen LogP contribution in [0.4, 0.5) is 4.39 Å². The third-order valence-electron chi connectivity index (χ3n) is 3.76. The lowest BCUT2D eigenvalue weighted by molar-refractivity contribution is 0.0950. The van der Waals surface area contributed by atoms with Crippen molar-refractivity contribution in [2.75, 3.05) is 7.11 Å². The average molecular weight is 360 g/mol. The maximum absolute atomic E-state index is 13.8. The molecule has 0 aliphatic carbocycles. The molecule has 0 bridgehead atoms. The monoisotopic (exact) mass is 359 g/mol. The molecule has 1 heterocycles. The first-order valence-corrected chi connectivity index (χ1v) is 7.86. The van der Waals surface area contributed by atoms with E-state index in [2.05, 4.69) is 15.5 Å². The van der Waals surface area contributed by atoms with Crippen LogP contribution in [-0.2, 0) is 6.54 Å². The number of hydrogen-bond donors (Lipinski definition) is 2. The van der Waals surface area contributed by atoms with Crippen LogP contribution in [0.5, 0.6) is 5.75 Å². The highest BCUT2D eigenvalue weighted by molar-refractivity contribution is 6.31. The van der Waals surface area contributed by atoms with Crippen LogP contribution < -0.4 is 10.1 Å². The smallest absolute Gasteiger partial charge is 0.251 e. The number of aromatic amines is 1. The van der Waals surface area contributed by atoms with E-state index < -0.39 is 5.82 Å². The van der Waals surface area contributed by atoms with Gasteiger partial charge < -0.3 is 10.1 Å². The van der Waals surface area contributed by atoms with E-state index in [0.29, 0.717) is 11.3 Å². The van der Waals surface area contributed by atoms with E-state index in [1.165, 1.54) is 19.2 Å². The molecule has 0 atom stereocenters. The van der Waals surface area contributed by atoms with Crippen molar-refractivity contribution in [3.63, 3.8) is 0 Å². The molecule has 7 heteroatoms. The fourth-order valence-electron chi connectivity index (χ4n) is 2.44. The minimum absolute atomic E-state index is 0.00383. The standard InChI is InChI=1S/C18H15ClFN3O2/c1-25-17-7-11(5-6-13(17)12-8-22-23-9-12)18(24)21-10-14-15(19)3-2-4-16(14)20/h2-9H,10H2,1H3,(H,21,24)(H,22,23). The first-order valence-electron chi connectivity index (χ1n) is 7.48. The number of methoxy groups -OCH3 is 1. The third kappa shape index (κ3) is 3.64. The topological polar surface area (TPSA) is 67.0 Å². The predicted molar refractivity (Wildman–Crippen MR) is 93.2 cm³/mol. The zero-order chi connectivity index (χ0) is 17.8. The van der Waals surface area contributed by atoms with E-state index >= 15 is 0 Å². The summed E-state index contributed by atoms with van der Waals surface area (Å²) >= 11 is 5.96. The number of carbonyl (C=O) groups is 1. The molecular weight excluding hydrogens is 345 g/mol. The summed E-state index contributed by atoms with van der Waals surface area (Å²) in [6.07, 6.45) is 3.40. The van der Waals surface area contributed by atoms with E-state index in [1.54, 1.807) is 36.7 Å². The van der Waals surface area contributed by atoms with Crippen molar-refractivity contribution in [2.24, 2.45) is 0 Å². The molecule has 25 heavy (non-hydrogen) atoms. The van der Waals surface area contributed by atoms with Crippen molar-refractivity contribution in [3.05, 3.63) is 70.8 Å². The molecule has 0 radical (unpaired) electrons. The van der Waals surface area contributed by atoms with Crippen LogP contribution in [0.3, 0.4) is 0 Å². The van der Waals surface area contributed by atoms with Crippen LogP contribution in [0.25, 0.3) is 11.1 Å². The molecular formula is C18H15ClFN3O2. The molecule has 128 valence electrons. The first-order chi connectivity index (χ1) is 12.1. The van der Waals surface area contributed by atoms with Gasteiger partial charge in [0.15, 0.2) is 0 Å². The van der Waals surface area contributed by atoms with E-state index in [-0.39, 0.29) is 23.0 Å². The molecule has 1 aromatic heterocycles. The summed E-state index contributed by atoms with van der Waals surface area (Å²) in [4.78, 5) is 12.4. The molecule has 0 saturated heterocycles. The number of rotatable bonds is 5. The van der Waals surface area contributed by atoms with Crippen LogP contribution in [0.15, 0.2) is 48.8 Å². The third-order valence-corrected chi connectivity index (χ3v) is 4.11. The Morgan fingerprint density at radius 1 is 1.36 bits per heavy atom. The number of carbonyl (C=O) groups excluding carboxylic acids is 1. The molecule has 0 fully saturated rings. The highest BCUT2D eigenvalue weighted by atomic mass is 35.5. The summed E-state index contributed by atoms with van der Waals surface area (Å²) in [7, 11) is 1.53. The minimum Gasteiger partial charge on any atom is -0.496 e. The van der Waals surface area contributed by atoms with Crippen LogP contribution in [0.1, 0.15) is 15.9 Å². The Labute approximate surface area is 148 Å². The lowest BCUT2D eigenvalue weighted by atomic mass is 10.0. The summed E-state index contributed by atoms with van der Waals surface area (Å²) in [5, 5.41) is 9.57. The molecule has 3 rings (SSSR count). The number of hydrogen-bond acceptors (Lipinski definition) is 3. The molecule has 0 aliphatic rings. The Balaban J connectivity index is 1.78. The fraction of sp³-hybridized carbons (Fsp3) is 0.111. The molecule has 0 unspecified atom stereocenters. The number of aromatic nitrogens is 2. The zero-order valence-corrected chi connectivity index (χ0v) is 14.1. The summed E-state index contributed by atoms with van der Waals surface area (Å²) in [6, 6.07) is 9.46. The highest BCUT2D eigenvalue weighted by Gasteiger charge is 2.14. The molecule has 2 N–H and O–H groups in total. The van der Waals surface area contributed by atoms with Gasteiger partial charge in [-0.25, -0.2) is 4.39 Å². The molecule has 0 aliphatic heterocycles. The molecule has 0 spiro atoms. The van der Waals surface area contributed by atoms with Crippen LogP contribution in [-0.4, -0.2) is 23.2 Å². The van der Waals surface area contributed by atoms with Gasteiger partial charge in [0.05, 0.1) is 13.3 Å². The first kappa shape index (κ1) is 17.0. The lowest BCUT2D eigenvalue weighted by Gasteiger charge is -2.11. The summed E-state index contributed by atoms with van der Waals surface area (Å²) in [5.74, 6) is -0.268. The SMILES string of the molecule is COc1cc(C(=O)NCc2c(F)cccc2Cl)ccc1-c1cn[nH]c1. The number of halogens is 2. The average Bonchev–Trinajstić information content (AvgIpc) is 3.15. The predicted octanol–water partition coefficient (Wildman–Crippen LogP) is 3.81. The van der Waals surface area contributed by atoms with Gasteiger partial charge in [-0.05, 0) is 30.3 Å². The van der Waals surface area contributed by atoms with Gasteiger partial charge in [0, 0.05) is 40.0 Å². The lowest BCUT2D eigenvalue weighted by Crippen LogP contribution is -2.23. The molecule has 2 aromatic carbocycles. The molecule has 5 nitrogen and oxygen atoms in total. The van der Waals surface area contributed by atoms with Crippen molar-refractivity contribution in [1.82, 2.24) is 15.5 Å². The van der Waals surface area contributed by atoms with E-state index in [9.17, 15) is 9.18 Å². The summed E-state index contributed by atoms with van der Waals surface area (Å²) < 4.78 is 19.1. The maximum Gasteiger partial charge on any atom is 0.251 e. The Hall–Kier alpha value is -2.86. The van der Waals surface area contributed by atoms with Crippen LogP contribution in [0, 0.1) is 5.82 Å². The highest BCUT2D eigenvalue weighted by Crippen LogP contribution is 2.30. The minimum atomic E-state index is -0.458. The number of nitrogens with zero attached hydrogens (tertiary/aromatic N) is 1. The normalized spacial score (nSPS) is 10.5. The number of amides is 1. The number of ether oxygens (including phenoxy) is 1. The van der Waals surface area contributed by atoms with Crippen molar-refractivity contribution < 1.29 is 13.9 Å². The molecule has 1 amide bonds. The second-order valence-electron chi connectivity index (χ2n) is 5.28. The number of nitrogens with one attached hydrogen (secondary N) is 2. The molecule has 3 aromatic rings. The fourth-order valence-corrected chi connectivity index (χ4v) is 2.67. The van der Waals surface area contributed by atoms with Crippen molar-refractivity contribution in [1.29, 1.82) is 0 Å². The van der Waals surface area contributed by atoms with Crippen LogP contribution >= 0.6 is 11.6 Å². The number of benzene rings is 2. The van der Waals surface area contributed by atoms with Crippen molar-refractivity contribution in [3.8, 4) is 16.9 Å². The summed E-state index contributed by atoms with van der Waals surface area (Å²) in [6.45, 7) is -0.00383. The Morgan fingerprint density at radius 2 is 2.20 bits per heavy atom. The van der Waals surface area contributed by atoms with Crippen molar-refractivity contribution in [2.45, 2.75) is 6.54 Å². The van der Waals surface area contributed by atoms with E-state index in [0.717, 1.165) is 11.1 Å². The van der Waals surface area contributed by atoms with Gasteiger partial charge in [-0.15, -0.1) is 0 Å². The van der Waals surface area contributed by atoms with E-state index in [1.807, 2.05) is 0 Å². The van der Waals surface area contributed by atoms with Gasteiger partial charge >= 0.3 is 0 Å². The quantitative estimate of drug-likeness (QED) is 0.728. The summed E-state index contributed by atoms with van der Waals surface area (Å²) in [5.41, 5.74) is 2.31. The van der Waals surface area contributed by atoms with Crippen LogP contribution in [0.2, 0.25) is 5.02 Å². The second kappa shape index (κ2) is 7.36.